The van der Waals surface area contributed by atoms with E-state index < -0.39 is 38.8 Å². The Morgan fingerprint density at radius 3 is 2.38 bits per heavy atom. The lowest BCUT2D eigenvalue weighted by Crippen LogP contribution is -2.34. The molecular weight excluding hydrogens is 541 g/mol. The van der Waals surface area contributed by atoms with Crippen LogP contribution in [-0.2, 0) is 10.1 Å². The number of benzene rings is 3. The van der Waals surface area contributed by atoms with Crippen LogP contribution in [0.1, 0.15) is 60.9 Å². The van der Waals surface area contributed by atoms with Crippen molar-refractivity contribution in [3.63, 3.8) is 0 Å². The minimum Gasteiger partial charge on any atom is -0.453 e. The fraction of sp³-hybridized carbons (Fsp3) is 0.321. The molecule has 0 spiro atoms. The fourth-order valence-corrected chi connectivity index (χ4v) is 5.80. The minimum atomic E-state index is -6.35. The summed E-state index contributed by atoms with van der Waals surface area (Å²) in [5.74, 6) is -5.48. The maximum absolute atomic E-state index is 15.6. The molecule has 2 heterocycles. The number of rotatable bonds is 3. The van der Waals surface area contributed by atoms with E-state index in [1.54, 1.807) is 12.1 Å². The van der Waals surface area contributed by atoms with E-state index in [9.17, 15) is 21.6 Å². The zero-order chi connectivity index (χ0) is 28.7. The van der Waals surface area contributed by atoms with E-state index in [1.807, 2.05) is 45.9 Å². The van der Waals surface area contributed by atoms with Gasteiger partial charge in [-0.2, -0.15) is 26.0 Å². The number of nitrogens with zero attached hydrogens (tertiary/aromatic N) is 1. The van der Waals surface area contributed by atoms with Gasteiger partial charge in [0.2, 0.25) is 11.6 Å². The fourth-order valence-electron chi connectivity index (χ4n) is 5.33. The highest BCUT2D eigenvalue weighted by atomic mass is 32.2. The smallest absolute Gasteiger partial charge is 0.453 e. The zero-order valence-corrected chi connectivity index (χ0v) is 22.4. The molecule has 0 aliphatic carbocycles. The van der Waals surface area contributed by atoms with Gasteiger partial charge in [-0.05, 0) is 68.9 Å². The van der Waals surface area contributed by atoms with Crippen LogP contribution in [0.2, 0.25) is 0 Å². The molecule has 5 nitrogen and oxygen atoms in total. The third kappa shape index (κ3) is 4.56. The highest BCUT2D eigenvalue weighted by Crippen LogP contribution is 2.44. The first-order chi connectivity index (χ1) is 18.0. The van der Waals surface area contributed by atoms with Gasteiger partial charge in [0.05, 0.1) is 10.9 Å². The Balaban J connectivity index is 1.86. The van der Waals surface area contributed by atoms with Gasteiger partial charge in [-0.3, -0.25) is 4.99 Å². The number of fused-ring (bicyclic) bond motifs is 3. The second kappa shape index (κ2) is 8.77. The Bertz CT molecular complexity index is 1780. The lowest BCUT2D eigenvalue weighted by atomic mass is 9.82. The van der Waals surface area contributed by atoms with Crippen LogP contribution in [-0.4, -0.2) is 19.5 Å². The van der Waals surface area contributed by atoms with Crippen molar-refractivity contribution in [3.05, 3.63) is 86.4 Å². The first-order valence-corrected chi connectivity index (χ1v) is 13.5. The summed E-state index contributed by atoms with van der Waals surface area (Å²) in [6.45, 7) is 9.72. The first-order valence-electron chi connectivity index (χ1n) is 12.1. The number of halogens is 5. The topological polar surface area (TPSA) is 65.0 Å². The lowest BCUT2D eigenvalue weighted by Gasteiger charge is -2.30. The molecule has 1 atom stereocenters. The SMILES string of the molecule is Cc1ccc(C2=c3cc4c(cc3Oc3c2cc(F)c(OS(=O)(=O)C(F)(F)F)c3F)=NC(C)(C)CC4C)c(C)c1. The van der Waals surface area contributed by atoms with Crippen LogP contribution in [0, 0.1) is 25.5 Å². The summed E-state index contributed by atoms with van der Waals surface area (Å²) in [6, 6.07) is 9.70. The van der Waals surface area contributed by atoms with E-state index in [0.29, 0.717) is 21.7 Å². The molecule has 206 valence electrons. The van der Waals surface area contributed by atoms with Crippen molar-refractivity contribution in [1.82, 2.24) is 0 Å². The largest absolute Gasteiger partial charge is 0.534 e. The monoisotopic (exact) mass is 565 g/mol. The molecule has 5 rings (SSSR count). The average Bonchev–Trinajstić information content (AvgIpc) is 2.79. The number of hydrogen-bond acceptors (Lipinski definition) is 5. The molecule has 0 amide bonds. The number of ether oxygens (including phenoxy) is 1. The van der Waals surface area contributed by atoms with E-state index in [-0.39, 0.29) is 22.8 Å². The van der Waals surface area contributed by atoms with Crippen LogP contribution in [0.4, 0.5) is 22.0 Å². The second-order valence-corrected chi connectivity index (χ2v) is 12.1. The molecule has 1 unspecified atom stereocenters. The van der Waals surface area contributed by atoms with Gasteiger partial charge < -0.3 is 8.92 Å². The molecule has 0 fully saturated rings. The van der Waals surface area contributed by atoms with Crippen LogP contribution >= 0.6 is 0 Å². The second-order valence-electron chi connectivity index (χ2n) is 10.6. The summed E-state index contributed by atoms with van der Waals surface area (Å²) >= 11 is 0. The summed E-state index contributed by atoms with van der Waals surface area (Å²) in [5, 5.41) is 1.13. The number of alkyl halides is 3. The van der Waals surface area contributed by atoms with Crippen molar-refractivity contribution in [2.24, 2.45) is 4.99 Å². The van der Waals surface area contributed by atoms with E-state index >= 15 is 8.78 Å². The Morgan fingerprint density at radius 2 is 1.74 bits per heavy atom. The molecule has 3 aromatic carbocycles. The van der Waals surface area contributed by atoms with Gasteiger partial charge in [0.1, 0.15) is 5.75 Å². The quantitative estimate of drug-likeness (QED) is 0.172. The molecule has 11 heteroatoms. The van der Waals surface area contributed by atoms with Crippen molar-refractivity contribution < 1.29 is 39.3 Å². The standard InChI is InChI=1S/C28H24F5NO4S/c1-13-6-7-16(14(2)8-13)23-18-9-17-15(3)12-27(4,5)34-21(17)11-22(18)37-25-19(23)10-20(29)26(24(25)30)38-39(35,36)28(31,32)33/h6-11,15H,12H2,1-5H3. The van der Waals surface area contributed by atoms with Crippen LogP contribution < -0.4 is 19.5 Å². The predicted octanol–water partition coefficient (Wildman–Crippen LogP) is 6.07. The zero-order valence-electron chi connectivity index (χ0n) is 21.6. The molecular formula is C28H24F5NO4S. The lowest BCUT2D eigenvalue weighted by molar-refractivity contribution is -0.0502. The van der Waals surface area contributed by atoms with Crippen molar-refractivity contribution in [3.8, 4) is 17.2 Å². The van der Waals surface area contributed by atoms with E-state index in [4.69, 9.17) is 9.73 Å². The molecule has 39 heavy (non-hydrogen) atoms. The average molecular weight is 566 g/mol. The van der Waals surface area contributed by atoms with Gasteiger partial charge >= 0.3 is 15.6 Å². The summed E-state index contributed by atoms with van der Waals surface area (Å²) in [5.41, 5.74) is -2.73. The number of aryl methyl sites for hydroxylation is 2. The normalized spacial score (nSPS) is 17.9. The Morgan fingerprint density at radius 1 is 1.05 bits per heavy atom. The van der Waals surface area contributed by atoms with Gasteiger partial charge in [-0.1, -0.05) is 30.7 Å². The predicted molar refractivity (Wildman–Crippen MR) is 134 cm³/mol. The van der Waals surface area contributed by atoms with Gasteiger partial charge in [-0.25, -0.2) is 4.39 Å². The van der Waals surface area contributed by atoms with Crippen LogP contribution in [0.15, 0.2) is 41.4 Å². The molecule has 2 aliphatic rings. The maximum atomic E-state index is 15.6. The molecule has 2 aliphatic heterocycles. The minimum absolute atomic E-state index is 0.0955. The summed E-state index contributed by atoms with van der Waals surface area (Å²) < 4.78 is 102. The van der Waals surface area contributed by atoms with Crippen molar-refractivity contribution in [2.75, 3.05) is 0 Å². The summed E-state index contributed by atoms with van der Waals surface area (Å²) in [7, 11) is -6.35. The van der Waals surface area contributed by atoms with Crippen molar-refractivity contribution in [1.29, 1.82) is 0 Å². The van der Waals surface area contributed by atoms with Crippen molar-refractivity contribution >= 4 is 15.7 Å². The summed E-state index contributed by atoms with van der Waals surface area (Å²) in [4.78, 5) is 4.78. The van der Waals surface area contributed by atoms with Crippen LogP contribution in [0.5, 0.6) is 17.2 Å². The van der Waals surface area contributed by atoms with Gasteiger partial charge in [-0.15, -0.1) is 0 Å². The molecule has 0 saturated carbocycles. The molecule has 0 N–H and O–H groups in total. The van der Waals surface area contributed by atoms with E-state index in [1.165, 1.54) is 0 Å². The molecule has 0 aromatic heterocycles. The maximum Gasteiger partial charge on any atom is 0.534 e. The molecule has 0 bridgehead atoms. The summed E-state index contributed by atoms with van der Waals surface area (Å²) in [6.07, 6.45) is 0.771. The van der Waals surface area contributed by atoms with Crippen molar-refractivity contribution in [2.45, 2.75) is 58.0 Å². The molecule has 0 saturated heterocycles. The third-order valence-electron chi connectivity index (χ3n) is 6.90. The highest BCUT2D eigenvalue weighted by Gasteiger charge is 2.49. The van der Waals surface area contributed by atoms with Gasteiger partial charge in [0.15, 0.2) is 11.6 Å². The Hall–Kier alpha value is -3.47. The van der Waals surface area contributed by atoms with Gasteiger partial charge in [0.25, 0.3) is 0 Å². The van der Waals surface area contributed by atoms with Crippen LogP contribution in [0.3, 0.4) is 0 Å². The molecule has 0 radical (unpaired) electrons. The Labute approximate surface area is 221 Å². The first kappa shape index (κ1) is 27.1. The molecule has 3 aromatic rings. The third-order valence-corrected chi connectivity index (χ3v) is 7.85. The highest BCUT2D eigenvalue weighted by molar-refractivity contribution is 7.88. The van der Waals surface area contributed by atoms with Crippen LogP contribution in [0.25, 0.3) is 5.57 Å². The number of hydrogen-bond donors (Lipinski definition) is 0. The van der Waals surface area contributed by atoms with Gasteiger partial charge in [0, 0.05) is 22.4 Å². The Kier molecular flexibility index (Phi) is 6.10. The van der Waals surface area contributed by atoms with E-state index in [2.05, 4.69) is 11.1 Å². The van der Waals surface area contributed by atoms with E-state index in [0.717, 1.165) is 29.2 Å².